The molecule has 0 amide bonds. The first-order valence-electron chi connectivity index (χ1n) is 16.3. The molecule has 3 nitrogen and oxygen atoms in total. The average molecular weight is 582 g/mol. The van der Waals surface area contributed by atoms with E-state index in [0.717, 1.165) is 16.7 Å². The maximum atomic E-state index is 5.05. The summed E-state index contributed by atoms with van der Waals surface area (Å²) in [7, 11) is 0. The first kappa shape index (κ1) is 26.5. The molecule has 1 aromatic heterocycles. The summed E-state index contributed by atoms with van der Waals surface area (Å²) in [4.78, 5) is 15.0. The molecule has 218 valence electrons. The molecule has 0 saturated heterocycles. The van der Waals surface area contributed by atoms with Crippen molar-refractivity contribution in [2.75, 3.05) is 0 Å². The predicted octanol–water partition coefficient (Wildman–Crippen LogP) is 10.4. The number of aromatic nitrogens is 3. The van der Waals surface area contributed by atoms with Gasteiger partial charge in [-0.2, -0.15) is 0 Å². The molecule has 0 bridgehead atoms. The lowest BCUT2D eigenvalue weighted by Gasteiger charge is -2.36. The van der Waals surface area contributed by atoms with E-state index in [2.05, 4.69) is 92.7 Å². The van der Waals surface area contributed by atoms with Gasteiger partial charge in [0.05, 0.1) is 0 Å². The zero-order valence-electron chi connectivity index (χ0n) is 25.8. The van der Waals surface area contributed by atoms with E-state index < -0.39 is 0 Å². The second-order valence-electron chi connectivity index (χ2n) is 13.6. The van der Waals surface area contributed by atoms with E-state index >= 15 is 0 Å². The van der Waals surface area contributed by atoms with Crippen LogP contribution in [0.25, 0.3) is 56.4 Å². The highest BCUT2D eigenvalue weighted by atomic mass is 15.0. The van der Waals surface area contributed by atoms with Gasteiger partial charge in [0.1, 0.15) is 0 Å². The Bertz CT molecular complexity index is 2050. The third-order valence-electron chi connectivity index (χ3n) is 10.7. The molecule has 6 aromatic rings. The van der Waals surface area contributed by atoms with Crippen molar-refractivity contribution in [2.24, 2.45) is 0 Å². The molecule has 0 unspecified atom stereocenters. The number of hydrogen-bond acceptors (Lipinski definition) is 3. The van der Waals surface area contributed by atoms with Crippen LogP contribution < -0.4 is 0 Å². The summed E-state index contributed by atoms with van der Waals surface area (Å²) in [5.41, 5.74) is 14.5. The number of nitrogens with zero attached hydrogens (tertiary/aromatic N) is 3. The minimum atomic E-state index is -0.0982. The lowest BCUT2D eigenvalue weighted by atomic mass is 9.67. The Hall–Kier alpha value is -4.89. The van der Waals surface area contributed by atoms with E-state index in [1.54, 1.807) is 5.56 Å². The third kappa shape index (κ3) is 3.93. The van der Waals surface area contributed by atoms with Gasteiger partial charge >= 0.3 is 0 Å². The van der Waals surface area contributed by atoms with Crippen LogP contribution in [0.2, 0.25) is 0 Å². The van der Waals surface area contributed by atoms with Crippen LogP contribution in [0.15, 0.2) is 115 Å². The Balaban J connectivity index is 1.23. The van der Waals surface area contributed by atoms with Crippen LogP contribution in [0.4, 0.5) is 0 Å². The number of rotatable bonds is 3. The fourth-order valence-corrected chi connectivity index (χ4v) is 8.47. The average Bonchev–Trinajstić information content (AvgIpc) is 3.49. The lowest BCUT2D eigenvalue weighted by Crippen LogP contribution is -2.28. The molecule has 0 N–H and O–H groups in total. The summed E-state index contributed by atoms with van der Waals surface area (Å²) in [5, 5.41) is 0. The van der Waals surface area contributed by atoms with E-state index in [1.807, 2.05) is 36.4 Å². The Morgan fingerprint density at radius 1 is 0.422 bits per heavy atom. The highest BCUT2D eigenvalue weighted by Crippen LogP contribution is 2.59. The summed E-state index contributed by atoms with van der Waals surface area (Å²) in [6.07, 6.45) is 6.40. The fourth-order valence-electron chi connectivity index (χ4n) is 8.47. The van der Waals surface area contributed by atoms with Crippen molar-refractivity contribution in [3.63, 3.8) is 0 Å². The molecule has 0 atom stereocenters. The van der Waals surface area contributed by atoms with Crippen molar-refractivity contribution in [1.82, 2.24) is 15.0 Å². The topological polar surface area (TPSA) is 38.7 Å². The van der Waals surface area contributed by atoms with Crippen molar-refractivity contribution in [3.05, 3.63) is 138 Å². The molecule has 45 heavy (non-hydrogen) atoms. The Morgan fingerprint density at radius 2 is 0.956 bits per heavy atom. The SMILES string of the molecule is CC1(C)c2ccc(-c3nc(-c4ccccc4)nc(-c4ccccc4)n3)cc2-c2cc3c(cc21)-c1ccccc1C31CCCCC1. The van der Waals surface area contributed by atoms with Crippen molar-refractivity contribution in [2.45, 2.75) is 56.8 Å². The van der Waals surface area contributed by atoms with E-state index in [9.17, 15) is 0 Å². The molecule has 1 fully saturated rings. The lowest BCUT2D eigenvalue weighted by molar-refractivity contribution is 0.353. The maximum Gasteiger partial charge on any atom is 0.164 e. The Morgan fingerprint density at radius 3 is 1.62 bits per heavy atom. The molecule has 5 aromatic carbocycles. The highest BCUT2D eigenvalue weighted by molar-refractivity contribution is 5.91. The van der Waals surface area contributed by atoms with Gasteiger partial charge < -0.3 is 0 Å². The number of fused-ring (bicyclic) bond motifs is 8. The Labute approximate surface area is 265 Å². The minimum absolute atomic E-state index is 0.0982. The standard InChI is InChI=1S/C42H35N3/c1-41(2)34-21-20-29(40-44-38(27-14-6-3-7-15-27)43-39(45-40)28-16-8-4-9-17-28)24-31(34)33-26-37-32(25-36(33)41)30-18-10-11-19-35(30)42(37)22-12-5-13-23-42/h3-4,6-11,14-21,24-26H,5,12-13,22-23H2,1-2H3. The molecule has 9 rings (SSSR count). The summed E-state index contributed by atoms with van der Waals surface area (Å²) in [6.45, 7) is 4.76. The largest absolute Gasteiger partial charge is 0.208 e. The smallest absolute Gasteiger partial charge is 0.164 e. The van der Waals surface area contributed by atoms with Gasteiger partial charge in [0.2, 0.25) is 0 Å². The van der Waals surface area contributed by atoms with Crippen LogP contribution in [0.3, 0.4) is 0 Å². The van der Waals surface area contributed by atoms with Gasteiger partial charge in [-0.05, 0) is 75.5 Å². The van der Waals surface area contributed by atoms with Crippen LogP contribution >= 0.6 is 0 Å². The number of benzene rings is 5. The molecule has 1 saturated carbocycles. The summed E-state index contributed by atoms with van der Waals surface area (Å²) < 4.78 is 0. The van der Waals surface area contributed by atoms with E-state index in [4.69, 9.17) is 15.0 Å². The van der Waals surface area contributed by atoms with Gasteiger partial charge in [0.15, 0.2) is 17.5 Å². The van der Waals surface area contributed by atoms with Crippen LogP contribution in [0, 0.1) is 0 Å². The quantitative estimate of drug-likeness (QED) is 0.209. The van der Waals surface area contributed by atoms with Crippen molar-refractivity contribution >= 4 is 0 Å². The summed E-state index contributed by atoms with van der Waals surface area (Å²) in [5.74, 6) is 2.08. The zero-order chi connectivity index (χ0) is 30.2. The fraction of sp³-hybridized carbons (Fsp3) is 0.214. The molecular formula is C42H35N3. The van der Waals surface area contributed by atoms with Gasteiger partial charge in [-0.15, -0.1) is 0 Å². The Kier molecular flexibility index (Phi) is 5.78. The predicted molar refractivity (Wildman–Crippen MR) is 183 cm³/mol. The van der Waals surface area contributed by atoms with Gasteiger partial charge in [-0.1, -0.05) is 130 Å². The second-order valence-corrected chi connectivity index (χ2v) is 13.6. The maximum absolute atomic E-state index is 5.05. The second kappa shape index (κ2) is 9.81. The van der Waals surface area contributed by atoms with Gasteiger partial charge in [-0.25, -0.2) is 15.0 Å². The highest BCUT2D eigenvalue weighted by Gasteiger charge is 2.46. The molecule has 3 heteroatoms. The van der Waals surface area contributed by atoms with Crippen LogP contribution in [-0.2, 0) is 10.8 Å². The first-order valence-corrected chi connectivity index (χ1v) is 16.3. The zero-order valence-corrected chi connectivity index (χ0v) is 25.8. The van der Waals surface area contributed by atoms with E-state index in [-0.39, 0.29) is 10.8 Å². The van der Waals surface area contributed by atoms with Crippen LogP contribution in [-0.4, -0.2) is 15.0 Å². The van der Waals surface area contributed by atoms with Gasteiger partial charge in [-0.3, -0.25) is 0 Å². The minimum Gasteiger partial charge on any atom is -0.208 e. The normalized spacial score (nSPS) is 16.6. The third-order valence-corrected chi connectivity index (χ3v) is 10.7. The molecule has 1 heterocycles. The van der Waals surface area contributed by atoms with Crippen molar-refractivity contribution < 1.29 is 0 Å². The molecule has 0 radical (unpaired) electrons. The summed E-state index contributed by atoms with van der Waals surface area (Å²) in [6, 6.07) is 41.6. The van der Waals surface area contributed by atoms with E-state index in [0.29, 0.717) is 17.5 Å². The first-order chi connectivity index (χ1) is 22.0. The molecule has 0 aliphatic heterocycles. The van der Waals surface area contributed by atoms with Gasteiger partial charge in [0.25, 0.3) is 0 Å². The van der Waals surface area contributed by atoms with Crippen molar-refractivity contribution in [3.8, 4) is 56.4 Å². The van der Waals surface area contributed by atoms with Gasteiger partial charge in [0, 0.05) is 27.5 Å². The van der Waals surface area contributed by atoms with Crippen molar-refractivity contribution in [1.29, 1.82) is 0 Å². The number of hydrogen-bond donors (Lipinski definition) is 0. The monoisotopic (exact) mass is 581 g/mol. The van der Waals surface area contributed by atoms with Crippen LogP contribution in [0.1, 0.15) is 68.2 Å². The molecule has 3 aliphatic carbocycles. The molecule has 3 aliphatic rings. The molecule has 1 spiro atoms. The van der Waals surface area contributed by atoms with Crippen LogP contribution in [0.5, 0.6) is 0 Å². The summed E-state index contributed by atoms with van der Waals surface area (Å²) >= 11 is 0. The molecular weight excluding hydrogens is 546 g/mol. The van der Waals surface area contributed by atoms with E-state index in [1.165, 1.54) is 71.0 Å².